The van der Waals surface area contributed by atoms with Crippen LogP contribution in [0.5, 0.6) is 11.5 Å². The smallest absolute Gasteiger partial charge is 0.492 e. The zero-order chi connectivity index (χ0) is 29.0. The topological polar surface area (TPSA) is 64.6 Å². The Morgan fingerprint density at radius 1 is 0.923 bits per heavy atom. The maximum absolute atomic E-state index is 13.7. The van der Waals surface area contributed by atoms with E-state index in [4.69, 9.17) is 75.4 Å². The first-order chi connectivity index (χ1) is 18.0. The molecule has 1 aromatic heterocycles. The van der Waals surface area contributed by atoms with Crippen LogP contribution in [-0.4, -0.2) is 110 Å². The van der Waals surface area contributed by atoms with E-state index in [9.17, 15) is 18.0 Å². The highest BCUT2D eigenvalue weighted by molar-refractivity contribution is 6.61. The predicted molar refractivity (Wildman–Crippen MR) is 148 cm³/mol. The number of carbonyl (C=O) groups is 1. The lowest BCUT2D eigenvalue weighted by Gasteiger charge is -2.37. The summed E-state index contributed by atoms with van der Waals surface area (Å²) in [5, 5.41) is -1.85. The first-order valence-electron chi connectivity index (χ1n) is 10.9. The van der Waals surface area contributed by atoms with E-state index < -0.39 is 34.3 Å². The maximum atomic E-state index is 13.7. The lowest BCUT2D eigenvalue weighted by Crippen LogP contribution is -2.55. The van der Waals surface area contributed by atoms with Gasteiger partial charge in [-0.15, -0.1) is 13.2 Å². The molecule has 39 heavy (non-hydrogen) atoms. The highest BCUT2D eigenvalue weighted by Gasteiger charge is 2.37. The Balaban J connectivity index is 1.81. The van der Waals surface area contributed by atoms with Crippen molar-refractivity contribution in [3.05, 3.63) is 29.6 Å². The van der Waals surface area contributed by atoms with Gasteiger partial charge in [-0.2, -0.15) is 0 Å². The van der Waals surface area contributed by atoms with E-state index in [1.165, 1.54) is 18.2 Å². The van der Waals surface area contributed by atoms with Crippen LogP contribution < -0.4 is 48.0 Å². The molecule has 0 bridgehead atoms. The van der Waals surface area contributed by atoms with Crippen molar-refractivity contribution in [2.45, 2.75) is 18.2 Å². The van der Waals surface area contributed by atoms with Gasteiger partial charge in [-0.05, 0) is 34.4 Å². The second-order valence-electron chi connectivity index (χ2n) is 8.61. The van der Waals surface area contributed by atoms with Gasteiger partial charge < -0.3 is 14.4 Å². The monoisotopic (exact) mass is 505 g/mol. The van der Waals surface area contributed by atoms with Gasteiger partial charge in [-0.25, -0.2) is 9.97 Å². The Labute approximate surface area is 234 Å². The molecule has 0 saturated carbocycles. The molecular weight excluding hydrogens is 497 g/mol. The Kier molecular flexibility index (Phi) is 7.55. The summed E-state index contributed by atoms with van der Waals surface area (Å²) in [5.41, 5.74) is -2.15. The second-order valence-corrected chi connectivity index (χ2v) is 8.61. The Hall–Kier alpha value is -3.04. The van der Waals surface area contributed by atoms with Gasteiger partial charge in [0.1, 0.15) is 72.2 Å². The molecule has 3 aromatic rings. The van der Waals surface area contributed by atoms with E-state index in [-0.39, 0.29) is 69.0 Å². The van der Waals surface area contributed by atoms with E-state index in [1.54, 1.807) is 0 Å². The van der Waals surface area contributed by atoms with Gasteiger partial charge in [-0.3, -0.25) is 4.79 Å². The summed E-state index contributed by atoms with van der Waals surface area (Å²) in [6, 6.07) is 4.14. The number of nitrogens with zero attached hydrogens (tertiary/aromatic N) is 3. The molecule has 0 N–H and O–H groups in total. The molecule has 4 rings (SSSR count). The average Bonchev–Trinajstić information content (AvgIpc) is 2.93. The maximum Gasteiger partial charge on any atom is 0.573 e. The minimum atomic E-state index is -5.11. The molecule has 18 radical (unpaired) electrons. The molecule has 0 aliphatic carbocycles. The summed E-state index contributed by atoms with van der Waals surface area (Å²) in [7, 11) is 53.2. The van der Waals surface area contributed by atoms with Crippen molar-refractivity contribution in [1.29, 1.82) is 0 Å². The van der Waals surface area contributed by atoms with Gasteiger partial charge >= 0.3 is 6.36 Å². The third-order valence-electron chi connectivity index (χ3n) is 5.88. The number of rotatable bonds is 4. The minimum Gasteiger partial charge on any atom is -0.492 e. The number of amides is 1. The van der Waals surface area contributed by atoms with E-state index in [2.05, 4.69) is 14.7 Å². The summed E-state index contributed by atoms with van der Waals surface area (Å²) in [6.45, 7) is -0.695. The molecule has 0 saturated heterocycles. The van der Waals surface area contributed by atoms with Crippen LogP contribution in [0.15, 0.2) is 18.2 Å². The van der Waals surface area contributed by atoms with Crippen LogP contribution in [0, 0.1) is 0 Å². The fraction of sp³-hybridized carbons (Fsp3) is 0.190. The number of hydrogen-bond acceptors (Lipinski definition) is 5. The van der Waals surface area contributed by atoms with E-state index in [1.807, 2.05) is 0 Å². The molecular formula is C21H7B9F3N3O3. The van der Waals surface area contributed by atoms with Crippen molar-refractivity contribution in [2.24, 2.45) is 0 Å². The lowest BCUT2D eigenvalue weighted by atomic mass is 9.61. The number of ether oxygens (including phenoxy) is 2. The normalized spacial score (nSPS) is 14.8. The summed E-state index contributed by atoms with van der Waals surface area (Å²) in [5.74, 6) is -1.61. The summed E-state index contributed by atoms with van der Waals surface area (Å²) < 4.78 is 48.1. The average molecular weight is 504 g/mol. The van der Waals surface area contributed by atoms with E-state index >= 15 is 0 Å². The molecule has 6 nitrogen and oxygen atoms in total. The van der Waals surface area contributed by atoms with Crippen LogP contribution in [0.3, 0.4) is 0 Å². The first kappa shape index (κ1) is 29.0. The fourth-order valence-corrected chi connectivity index (χ4v) is 3.91. The van der Waals surface area contributed by atoms with Crippen molar-refractivity contribution in [1.82, 2.24) is 14.9 Å². The molecule has 2 heterocycles. The van der Waals surface area contributed by atoms with Crippen LogP contribution >= 0.6 is 0 Å². The van der Waals surface area contributed by atoms with E-state index in [0.717, 1.165) is 4.90 Å². The van der Waals surface area contributed by atoms with Crippen molar-refractivity contribution in [2.75, 3.05) is 6.61 Å². The molecule has 1 amide bonds. The van der Waals surface area contributed by atoms with Crippen molar-refractivity contribution in [3.63, 3.8) is 0 Å². The third-order valence-corrected chi connectivity index (χ3v) is 5.88. The molecule has 172 valence electrons. The highest BCUT2D eigenvalue weighted by Crippen LogP contribution is 2.31. The van der Waals surface area contributed by atoms with Crippen LogP contribution in [0.1, 0.15) is 16.2 Å². The highest BCUT2D eigenvalue weighted by atomic mass is 19.4. The van der Waals surface area contributed by atoms with Gasteiger partial charge in [0, 0.05) is 5.34 Å². The van der Waals surface area contributed by atoms with Crippen molar-refractivity contribution < 1.29 is 27.4 Å². The molecule has 0 fully saturated rings. The standard InChI is InChI=1S/C21H7B9F3N3O3/c22-11-10(12(23)14(25)16(13(11)24)39-21(31,32)33)6-1-2-8-7(3-6)19(37)36(20(29,30)5-38-8)4-9-34-17(27)15(26)18(28)35-9/h1-3H,4-5H2. The number of halogens is 3. The van der Waals surface area contributed by atoms with Crippen LogP contribution in [0.2, 0.25) is 0 Å². The molecule has 0 spiro atoms. The fourth-order valence-electron chi connectivity index (χ4n) is 3.91. The lowest BCUT2D eigenvalue weighted by molar-refractivity contribution is -0.273. The number of carbonyl (C=O) groups excluding carboxylic acids is 1. The van der Waals surface area contributed by atoms with Crippen LogP contribution in [-0.2, 0) is 6.54 Å². The summed E-state index contributed by atoms with van der Waals surface area (Å²) >= 11 is 0. The molecule has 18 heteroatoms. The van der Waals surface area contributed by atoms with Crippen LogP contribution in [0.4, 0.5) is 13.2 Å². The number of aromatic nitrogens is 2. The Morgan fingerprint density at radius 2 is 1.49 bits per heavy atom. The molecule has 2 aromatic carbocycles. The molecule has 1 aliphatic rings. The predicted octanol–water partition coefficient (Wildman–Crippen LogP) is -5.38. The zero-order valence-electron chi connectivity index (χ0n) is 20.0. The first-order valence-corrected chi connectivity index (χ1v) is 10.9. The van der Waals surface area contributed by atoms with Gasteiger partial charge in [0.15, 0.2) is 0 Å². The van der Waals surface area contributed by atoms with Crippen molar-refractivity contribution in [3.8, 4) is 22.6 Å². The number of hydrogen-bond donors (Lipinski definition) is 0. The molecule has 0 atom stereocenters. The van der Waals surface area contributed by atoms with Gasteiger partial charge in [0.2, 0.25) is 0 Å². The van der Waals surface area contributed by atoms with Gasteiger partial charge in [0.05, 0.1) is 34.4 Å². The van der Waals surface area contributed by atoms with Crippen molar-refractivity contribution >= 4 is 115 Å². The summed E-state index contributed by atoms with van der Waals surface area (Å²) in [4.78, 5) is 22.7. The Morgan fingerprint density at radius 3 is 2.03 bits per heavy atom. The van der Waals surface area contributed by atoms with Gasteiger partial charge in [-0.1, -0.05) is 33.4 Å². The van der Waals surface area contributed by atoms with E-state index in [0.29, 0.717) is 0 Å². The minimum absolute atomic E-state index is 0.0123. The number of fused-ring (bicyclic) bond motifs is 1. The molecule has 1 aliphatic heterocycles. The summed E-state index contributed by atoms with van der Waals surface area (Å²) in [6.07, 6.45) is -5.11. The second kappa shape index (κ2) is 10.2. The molecule has 0 unspecified atom stereocenters. The third kappa shape index (κ3) is 5.52. The largest absolute Gasteiger partial charge is 0.573 e. The Bertz CT molecular complexity index is 1450. The zero-order valence-corrected chi connectivity index (χ0v) is 20.0. The van der Waals surface area contributed by atoms with Crippen LogP contribution in [0.25, 0.3) is 11.1 Å². The van der Waals surface area contributed by atoms with Gasteiger partial charge in [0.25, 0.3) is 5.91 Å². The SMILES string of the molecule is [B]c1nc(CN2C(=O)c3cc(-c4c([B])c([B])c(OC(F)(F)F)c([B])c4[B])ccc3OCC2([B])[B])nc([B])c1[B]. The number of benzene rings is 2. The number of alkyl halides is 3. The quantitative estimate of drug-likeness (QED) is 0.333.